The molecule has 0 unspecified atom stereocenters. The Morgan fingerprint density at radius 1 is 0.944 bits per heavy atom. The van der Waals surface area contributed by atoms with Crippen LogP contribution < -0.4 is 15.0 Å². The van der Waals surface area contributed by atoms with Crippen LogP contribution in [0.1, 0.15) is 21.5 Å². The van der Waals surface area contributed by atoms with Gasteiger partial charge < -0.3 is 9.47 Å². The van der Waals surface area contributed by atoms with Crippen molar-refractivity contribution in [3.63, 3.8) is 0 Å². The molecule has 4 amide bonds. The summed E-state index contributed by atoms with van der Waals surface area (Å²) in [7, 11) is 1.25. The van der Waals surface area contributed by atoms with E-state index in [0.717, 1.165) is 14.9 Å². The molecule has 1 aliphatic heterocycles. The summed E-state index contributed by atoms with van der Waals surface area (Å²) in [6.07, 6.45) is 1.38. The number of halogens is 2. The number of rotatable bonds is 6. The van der Waals surface area contributed by atoms with Gasteiger partial charge in [0.05, 0.1) is 18.4 Å². The van der Waals surface area contributed by atoms with Crippen LogP contribution in [0.3, 0.4) is 0 Å². The number of nitrogens with one attached hydrogen (secondary N) is 1. The molecule has 0 atom stereocenters. The zero-order valence-electron chi connectivity index (χ0n) is 18.8. The lowest BCUT2D eigenvalue weighted by molar-refractivity contribution is -0.122. The van der Waals surface area contributed by atoms with Gasteiger partial charge in [0.2, 0.25) is 0 Å². The van der Waals surface area contributed by atoms with Crippen molar-refractivity contribution in [1.82, 2.24) is 5.32 Å². The van der Waals surface area contributed by atoms with Gasteiger partial charge in [-0.1, -0.05) is 44.0 Å². The van der Waals surface area contributed by atoms with E-state index in [1.165, 1.54) is 37.5 Å². The monoisotopic (exact) mass is 612 g/mol. The maximum atomic E-state index is 13.3. The van der Waals surface area contributed by atoms with Gasteiger partial charge in [0.25, 0.3) is 11.8 Å². The second-order valence-electron chi connectivity index (χ2n) is 7.59. The Hall–Kier alpha value is -3.76. The largest absolute Gasteiger partial charge is 0.488 e. The fourth-order valence-corrected chi connectivity index (χ4v) is 4.06. The number of carbonyl (C=O) groups excluding carboxylic acids is 4. The molecule has 4 rings (SSSR count). The first kappa shape index (κ1) is 25.3. The first-order valence-corrected chi connectivity index (χ1v) is 12.1. The molecule has 0 aromatic heterocycles. The smallest absolute Gasteiger partial charge is 0.337 e. The fraction of sp³-hybridized carbons (Fsp3) is 0.0769. The Morgan fingerprint density at radius 2 is 1.61 bits per heavy atom. The minimum Gasteiger partial charge on any atom is -0.488 e. The maximum Gasteiger partial charge on any atom is 0.337 e. The molecule has 3 aromatic carbocycles. The molecule has 0 bridgehead atoms. The Labute approximate surface area is 223 Å². The van der Waals surface area contributed by atoms with Crippen molar-refractivity contribution in [2.75, 3.05) is 12.0 Å². The van der Waals surface area contributed by atoms with Gasteiger partial charge in [-0.05, 0) is 66.2 Å². The molecule has 1 N–H and O–H groups in total. The predicted octanol–water partition coefficient (Wildman–Crippen LogP) is 5.24. The molecule has 182 valence electrons. The standard InChI is InChI=1S/C26H18Br2N2O6/c1-35-25(33)16-4-9-20(10-5-16)30-24(32)21(23(31)29-26(30)34)13-17-12-19(28)8-11-22(17)36-14-15-2-6-18(27)7-3-15/h2-13H,14H2,1H3,(H,29,31,34)/b21-13+. The number of hydrogen-bond acceptors (Lipinski definition) is 6. The number of esters is 1. The van der Waals surface area contributed by atoms with E-state index >= 15 is 0 Å². The minimum atomic E-state index is -0.895. The highest BCUT2D eigenvalue weighted by Crippen LogP contribution is 2.29. The van der Waals surface area contributed by atoms with Crippen LogP contribution >= 0.6 is 31.9 Å². The number of anilines is 1. The number of hydrogen-bond donors (Lipinski definition) is 1. The number of imide groups is 2. The molecular weight excluding hydrogens is 596 g/mol. The molecule has 10 heteroatoms. The SMILES string of the molecule is COC(=O)c1ccc(N2C(=O)NC(=O)/C(=C\c3cc(Br)ccc3OCc3ccc(Br)cc3)C2=O)cc1. The molecule has 36 heavy (non-hydrogen) atoms. The van der Waals surface area contributed by atoms with Crippen LogP contribution in [-0.2, 0) is 20.9 Å². The molecule has 8 nitrogen and oxygen atoms in total. The summed E-state index contributed by atoms with van der Waals surface area (Å²) < 4.78 is 12.3. The van der Waals surface area contributed by atoms with E-state index < -0.39 is 23.8 Å². The number of ether oxygens (including phenoxy) is 2. The Morgan fingerprint density at radius 3 is 2.28 bits per heavy atom. The summed E-state index contributed by atoms with van der Waals surface area (Å²) in [5.41, 5.74) is 1.58. The Kier molecular flexibility index (Phi) is 7.66. The van der Waals surface area contributed by atoms with Crippen LogP contribution in [0, 0.1) is 0 Å². The molecule has 0 aliphatic carbocycles. The second-order valence-corrected chi connectivity index (χ2v) is 9.42. The van der Waals surface area contributed by atoms with Gasteiger partial charge in [-0.2, -0.15) is 0 Å². The summed E-state index contributed by atoms with van der Waals surface area (Å²) in [4.78, 5) is 50.9. The van der Waals surface area contributed by atoms with E-state index in [2.05, 4.69) is 41.9 Å². The molecule has 0 radical (unpaired) electrons. The number of nitrogens with zero attached hydrogens (tertiary/aromatic N) is 1. The number of amides is 4. The van der Waals surface area contributed by atoms with E-state index in [-0.39, 0.29) is 23.4 Å². The molecule has 1 saturated heterocycles. The third kappa shape index (κ3) is 5.55. The lowest BCUT2D eigenvalue weighted by atomic mass is 10.1. The van der Waals surface area contributed by atoms with Crippen LogP contribution in [0.5, 0.6) is 5.75 Å². The van der Waals surface area contributed by atoms with Crippen molar-refractivity contribution in [2.24, 2.45) is 0 Å². The molecular formula is C26H18Br2N2O6. The van der Waals surface area contributed by atoms with Crippen LogP contribution in [0.15, 0.2) is 81.2 Å². The summed E-state index contributed by atoms with van der Waals surface area (Å²) in [6, 6.07) is 17.6. The molecule has 0 saturated carbocycles. The van der Waals surface area contributed by atoms with E-state index in [1.807, 2.05) is 24.3 Å². The number of benzene rings is 3. The molecule has 3 aromatic rings. The number of carbonyl (C=O) groups is 4. The third-order valence-electron chi connectivity index (χ3n) is 5.23. The number of methoxy groups -OCH3 is 1. The quantitative estimate of drug-likeness (QED) is 0.232. The lowest BCUT2D eigenvalue weighted by Crippen LogP contribution is -2.54. The lowest BCUT2D eigenvalue weighted by Gasteiger charge is -2.26. The summed E-state index contributed by atoms with van der Waals surface area (Å²) in [5, 5.41) is 2.18. The van der Waals surface area contributed by atoms with Crippen molar-refractivity contribution in [3.05, 3.63) is 97.9 Å². The second kappa shape index (κ2) is 10.9. The first-order chi connectivity index (χ1) is 17.3. The first-order valence-electron chi connectivity index (χ1n) is 10.5. The van der Waals surface area contributed by atoms with Gasteiger partial charge in [-0.25, -0.2) is 14.5 Å². The van der Waals surface area contributed by atoms with Crippen LogP contribution in [-0.4, -0.2) is 30.9 Å². The van der Waals surface area contributed by atoms with Gasteiger partial charge in [0, 0.05) is 14.5 Å². The van der Waals surface area contributed by atoms with Gasteiger partial charge >= 0.3 is 12.0 Å². The molecule has 1 fully saturated rings. The van der Waals surface area contributed by atoms with E-state index in [1.54, 1.807) is 18.2 Å². The average molecular weight is 614 g/mol. The average Bonchev–Trinajstić information content (AvgIpc) is 2.87. The van der Waals surface area contributed by atoms with Gasteiger partial charge in [0.15, 0.2) is 0 Å². The highest BCUT2D eigenvalue weighted by molar-refractivity contribution is 9.10. The van der Waals surface area contributed by atoms with Gasteiger partial charge in [-0.15, -0.1) is 0 Å². The van der Waals surface area contributed by atoms with E-state index in [9.17, 15) is 19.2 Å². The highest BCUT2D eigenvalue weighted by Gasteiger charge is 2.37. The maximum absolute atomic E-state index is 13.3. The Bertz CT molecular complexity index is 1380. The molecule has 1 aliphatic rings. The molecule has 1 heterocycles. The van der Waals surface area contributed by atoms with E-state index in [0.29, 0.717) is 15.8 Å². The van der Waals surface area contributed by atoms with Gasteiger partial charge in [-0.3, -0.25) is 14.9 Å². The minimum absolute atomic E-state index is 0.185. The van der Waals surface area contributed by atoms with Crippen LogP contribution in [0.25, 0.3) is 6.08 Å². The highest BCUT2D eigenvalue weighted by atomic mass is 79.9. The summed E-state index contributed by atoms with van der Waals surface area (Å²) in [5.74, 6) is -1.75. The zero-order valence-corrected chi connectivity index (χ0v) is 22.0. The van der Waals surface area contributed by atoms with Crippen molar-refractivity contribution in [2.45, 2.75) is 6.61 Å². The summed E-state index contributed by atoms with van der Waals surface area (Å²) in [6.45, 7) is 0.266. The normalized spacial score (nSPS) is 14.6. The zero-order chi connectivity index (χ0) is 25.8. The van der Waals surface area contributed by atoms with Crippen molar-refractivity contribution in [1.29, 1.82) is 0 Å². The van der Waals surface area contributed by atoms with Crippen molar-refractivity contribution < 1.29 is 28.7 Å². The third-order valence-corrected chi connectivity index (χ3v) is 6.25. The summed E-state index contributed by atoms with van der Waals surface area (Å²) >= 11 is 6.79. The van der Waals surface area contributed by atoms with Crippen molar-refractivity contribution in [3.8, 4) is 5.75 Å². The Balaban J connectivity index is 1.64. The fourth-order valence-electron chi connectivity index (χ4n) is 3.42. The molecule has 0 spiro atoms. The number of urea groups is 1. The number of barbiturate groups is 1. The van der Waals surface area contributed by atoms with Crippen molar-refractivity contribution >= 4 is 67.4 Å². The topological polar surface area (TPSA) is 102 Å². The van der Waals surface area contributed by atoms with Crippen LogP contribution in [0.4, 0.5) is 10.5 Å². The predicted molar refractivity (Wildman–Crippen MR) is 139 cm³/mol. The van der Waals surface area contributed by atoms with Gasteiger partial charge in [0.1, 0.15) is 17.9 Å². The van der Waals surface area contributed by atoms with E-state index in [4.69, 9.17) is 4.74 Å². The van der Waals surface area contributed by atoms with Crippen LogP contribution in [0.2, 0.25) is 0 Å².